The normalized spacial score (nSPS) is 15.9. The van der Waals surface area contributed by atoms with E-state index in [1.54, 1.807) is 17.6 Å². The number of halogens is 2. The molecule has 0 bridgehead atoms. The Morgan fingerprint density at radius 2 is 2.12 bits per heavy atom. The SMILES string of the molecule is Clc1cc(NCc2ccco2)c2sc(C3CCOCC3)c(Cl)c2n1. The van der Waals surface area contributed by atoms with E-state index < -0.39 is 0 Å². The summed E-state index contributed by atoms with van der Waals surface area (Å²) in [6.45, 7) is 2.16. The van der Waals surface area contributed by atoms with Gasteiger partial charge in [0.25, 0.3) is 0 Å². The molecule has 4 nitrogen and oxygen atoms in total. The molecule has 0 aliphatic carbocycles. The number of pyridine rings is 1. The lowest BCUT2D eigenvalue weighted by atomic mass is 9.98. The molecule has 1 aliphatic heterocycles. The molecule has 24 heavy (non-hydrogen) atoms. The third-order valence-electron chi connectivity index (χ3n) is 4.20. The van der Waals surface area contributed by atoms with Gasteiger partial charge in [-0.05, 0) is 30.9 Å². The Hall–Kier alpha value is -1.27. The van der Waals surface area contributed by atoms with Crippen LogP contribution in [0.3, 0.4) is 0 Å². The third kappa shape index (κ3) is 3.14. The van der Waals surface area contributed by atoms with Gasteiger partial charge in [0.05, 0.1) is 28.2 Å². The predicted octanol–water partition coefficient (Wildman–Crippen LogP) is 5.70. The molecule has 4 rings (SSSR count). The average Bonchev–Trinajstić information content (AvgIpc) is 3.22. The molecular weight excluding hydrogens is 367 g/mol. The number of nitrogens with one attached hydrogen (secondary N) is 1. The minimum absolute atomic E-state index is 0.433. The standard InChI is InChI=1S/C17H16Cl2N2O2S/c18-13-8-12(20-9-11-2-1-5-23-11)17-15(21-13)14(19)16(24-17)10-3-6-22-7-4-10/h1-2,5,8,10H,3-4,6-7,9H2,(H,20,21). The Balaban J connectivity index is 1.70. The van der Waals surface area contributed by atoms with Crippen molar-refractivity contribution >= 4 is 50.4 Å². The van der Waals surface area contributed by atoms with Crippen LogP contribution in [-0.4, -0.2) is 18.2 Å². The lowest BCUT2D eigenvalue weighted by Crippen LogP contribution is -2.13. The van der Waals surface area contributed by atoms with Gasteiger partial charge >= 0.3 is 0 Å². The van der Waals surface area contributed by atoms with Crippen LogP contribution in [0.2, 0.25) is 10.2 Å². The Bertz CT molecular complexity index is 842. The highest BCUT2D eigenvalue weighted by Gasteiger charge is 2.24. The number of hydrogen-bond donors (Lipinski definition) is 1. The van der Waals surface area contributed by atoms with Crippen LogP contribution < -0.4 is 5.32 Å². The van der Waals surface area contributed by atoms with Crippen molar-refractivity contribution in [3.8, 4) is 0 Å². The molecule has 0 spiro atoms. The number of fused-ring (bicyclic) bond motifs is 1. The first-order valence-corrected chi connectivity index (χ1v) is 9.42. The first-order valence-electron chi connectivity index (χ1n) is 7.85. The maximum Gasteiger partial charge on any atom is 0.131 e. The van der Waals surface area contributed by atoms with E-state index in [1.165, 1.54) is 4.88 Å². The van der Waals surface area contributed by atoms with E-state index in [-0.39, 0.29) is 0 Å². The highest BCUT2D eigenvalue weighted by Crippen LogP contribution is 2.45. The van der Waals surface area contributed by atoms with E-state index >= 15 is 0 Å². The van der Waals surface area contributed by atoms with E-state index in [0.717, 1.165) is 52.7 Å². The molecule has 0 saturated carbocycles. The maximum absolute atomic E-state index is 6.64. The fourth-order valence-corrected chi connectivity index (χ4v) is 4.93. The van der Waals surface area contributed by atoms with E-state index in [4.69, 9.17) is 32.4 Å². The molecular formula is C17H16Cl2N2O2S. The highest BCUT2D eigenvalue weighted by molar-refractivity contribution is 7.20. The monoisotopic (exact) mass is 382 g/mol. The molecule has 3 aromatic heterocycles. The van der Waals surface area contributed by atoms with Crippen molar-refractivity contribution in [1.82, 2.24) is 4.98 Å². The van der Waals surface area contributed by atoms with Crippen LogP contribution in [-0.2, 0) is 11.3 Å². The largest absolute Gasteiger partial charge is 0.467 e. The topological polar surface area (TPSA) is 47.3 Å². The molecule has 126 valence electrons. The summed E-state index contributed by atoms with van der Waals surface area (Å²) in [4.78, 5) is 5.63. The molecule has 1 saturated heterocycles. The zero-order valence-corrected chi connectivity index (χ0v) is 15.2. The number of anilines is 1. The van der Waals surface area contributed by atoms with Crippen molar-refractivity contribution in [2.45, 2.75) is 25.3 Å². The van der Waals surface area contributed by atoms with Crippen LogP contribution >= 0.6 is 34.5 Å². The van der Waals surface area contributed by atoms with Crippen LogP contribution in [0.4, 0.5) is 5.69 Å². The van der Waals surface area contributed by atoms with E-state index in [2.05, 4.69) is 10.3 Å². The van der Waals surface area contributed by atoms with E-state index in [0.29, 0.717) is 17.6 Å². The van der Waals surface area contributed by atoms with Crippen molar-refractivity contribution in [3.05, 3.63) is 45.3 Å². The molecule has 0 radical (unpaired) electrons. The summed E-state index contributed by atoms with van der Waals surface area (Å²) < 4.78 is 11.9. The highest BCUT2D eigenvalue weighted by atomic mass is 35.5. The van der Waals surface area contributed by atoms with Gasteiger partial charge in [-0.3, -0.25) is 0 Å². The summed E-state index contributed by atoms with van der Waals surface area (Å²) >= 11 is 14.5. The predicted molar refractivity (Wildman–Crippen MR) is 98.5 cm³/mol. The van der Waals surface area contributed by atoms with Crippen molar-refractivity contribution in [2.75, 3.05) is 18.5 Å². The second kappa shape index (κ2) is 6.92. The van der Waals surface area contributed by atoms with Gasteiger partial charge in [-0.25, -0.2) is 4.98 Å². The molecule has 4 heterocycles. The molecule has 0 unspecified atom stereocenters. The summed E-state index contributed by atoms with van der Waals surface area (Å²) in [7, 11) is 0. The minimum Gasteiger partial charge on any atom is -0.467 e. The second-order valence-corrected chi connectivity index (χ2v) is 7.59. The summed E-state index contributed by atoms with van der Waals surface area (Å²) in [6, 6.07) is 5.65. The van der Waals surface area contributed by atoms with Crippen molar-refractivity contribution in [1.29, 1.82) is 0 Å². The lowest BCUT2D eigenvalue weighted by Gasteiger charge is -2.21. The molecule has 1 fully saturated rings. The number of ether oxygens (including phenoxy) is 1. The van der Waals surface area contributed by atoms with Gasteiger partial charge in [0, 0.05) is 24.2 Å². The Kier molecular flexibility index (Phi) is 4.68. The zero-order chi connectivity index (χ0) is 16.5. The van der Waals surface area contributed by atoms with Gasteiger partial charge < -0.3 is 14.5 Å². The first-order chi connectivity index (χ1) is 11.7. The number of rotatable bonds is 4. The molecule has 0 aromatic carbocycles. The zero-order valence-electron chi connectivity index (χ0n) is 12.9. The fraction of sp³-hybridized carbons (Fsp3) is 0.353. The number of thiophene rings is 1. The number of furan rings is 1. The summed E-state index contributed by atoms with van der Waals surface area (Å²) in [6.07, 6.45) is 3.66. The maximum atomic E-state index is 6.64. The van der Waals surface area contributed by atoms with Gasteiger partial charge in [0.2, 0.25) is 0 Å². The van der Waals surface area contributed by atoms with Crippen LogP contribution in [0.5, 0.6) is 0 Å². The summed E-state index contributed by atoms with van der Waals surface area (Å²) in [5.74, 6) is 1.30. The van der Waals surface area contributed by atoms with E-state index in [9.17, 15) is 0 Å². The molecule has 0 amide bonds. The average molecular weight is 383 g/mol. The van der Waals surface area contributed by atoms with Gasteiger partial charge in [0.15, 0.2) is 0 Å². The lowest BCUT2D eigenvalue weighted by molar-refractivity contribution is 0.0860. The van der Waals surface area contributed by atoms with E-state index in [1.807, 2.05) is 18.2 Å². The molecule has 1 aliphatic rings. The number of hydrogen-bond acceptors (Lipinski definition) is 5. The molecule has 7 heteroatoms. The van der Waals surface area contributed by atoms with Crippen molar-refractivity contribution < 1.29 is 9.15 Å². The first kappa shape index (κ1) is 16.2. The van der Waals surface area contributed by atoms with Crippen LogP contribution in [0, 0.1) is 0 Å². The Morgan fingerprint density at radius 1 is 1.29 bits per heavy atom. The fourth-order valence-electron chi connectivity index (χ4n) is 2.97. The van der Waals surface area contributed by atoms with Crippen molar-refractivity contribution in [3.63, 3.8) is 0 Å². The Morgan fingerprint density at radius 3 is 2.88 bits per heavy atom. The molecule has 0 atom stereocenters. The van der Waals surface area contributed by atoms with Crippen LogP contribution in [0.25, 0.3) is 10.2 Å². The van der Waals surface area contributed by atoms with Gasteiger partial charge in [-0.1, -0.05) is 23.2 Å². The summed E-state index contributed by atoms with van der Waals surface area (Å²) in [5.41, 5.74) is 1.71. The second-order valence-electron chi connectivity index (χ2n) is 5.77. The smallest absolute Gasteiger partial charge is 0.131 e. The van der Waals surface area contributed by atoms with Crippen molar-refractivity contribution in [2.24, 2.45) is 0 Å². The van der Waals surface area contributed by atoms with Gasteiger partial charge in [-0.15, -0.1) is 11.3 Å². The minimum atomic E-state index is 0.433. The summed E-state index contributed by atoms with van der Waals surface area (Å²) in [5, 5.41) is 4.54. The molecule has 1 N–H and O–H groups in total. The number of aromatic nitrogens is 1. The van der Waals surface area contributed by atoms with Gasteiger partial charge in [-0.2, -0.15) is 0 Å². The van der Waals surface area contributed by atoms with Gasteiger partial charge in [0.1, 0.15) is 16.4 Å². The Labute approximate surface area is 153 Å². The third-order valence-corrected chi connectivity index (χ3v) is 6.27. The van der Waals surface area contributed by atoms with Crippen LogP contribution in [0.15, 0.2) is 28.9 Å². The number of nitrogens with zero attached hydrogens (tertiary/aromatic N) is 1. The quantitative estimate of drug-likeness (QED) is 0.587. The van der Waals surface area contributed by atoms with Crippen LogP contribution in [0.1, 0.15) is 29.4 Å². The molecule has 3 aromatic rings.